The molecule has 1 aliphatic rings. The fourth-order valence-electron chi connectivity index (χ4n) is 3.28. The van der Waals surface area contributed by atoms with E-state index >= 15 is 0 Å². The summed E-state index contributed by atoms with van der Waals surface area (Å²) in [5.41, 5.74) is 0.959. The van der Waals surface area contributed by atoms with Crippen molar-refractivity contribution in [1.29, 1.82) is 0 Å². The molecule has 4 rings (SSSR count). The monoisotopic (exact) mass is 442 g/mol. The number of benzene rings is 1. The first-order chi connectivity index (χ1) is 14.4. The molecular weight excluding hydrogens is 420 g/mol. The molecule has 1 aromatic carbocycles. The van der Waals surface area contributed by atoms with Gasteiger partial charge in [-0.3, -0.25) is 14.4 Å². The molecule has 9 heteroatoms. The molecule has 30 heavy (non-hydrogen) atoms. The van der Waals surface area contributed by atoms with E-state index in [2.05, 4.69) is 10.3 Å². The molecule has 0 unspecified atom stereocenters. The Morgan fingerprint density at radius 2 is 1.67 bits per heavy atom. The van der Waals surface area contributed by atoms with Crippen molar-refractivity contribution in [3.05, 3.63) is 41.3 Å². The Hall–Kier alpha value is -2.78. The highest BCUT2D eigenvalue weighted by Gasteiger charge is 2.29. The van der Waals surface area contributed by atoms with Gasteiger partial charge in [-0.25, -0.2) is 4.98 Å². The van der Waals surface area contributed by atoms with E-state index in [1.165, 1.54) is 16.2 Å². The van der Waals surface area contributed by atoms with Crippen LogP contribution < -0.4 is 5.32 Å². The summed E-state index contributed by atoms with van der Waals surface area (Å²) in [7, 11) is 0. The van der Waals surface area contributed by atoms with Crippen molar-refractivity contribution < 1.29 is 14.4 Å². The van der Waals surface area contributed by atoms with Gasteiger partial charge in [-0.1, -0.05) is 12.1 Å². The number of piperazine rings is 1. The summed E-state index contributed by atoms with van der Waals surface area (Å²) in [4.78, 5) is 46.6. The van der Waals surface area contributed by atoms with Crippen molar-refractivity contribution in [2.24, 2.45) is 0 Å². The number of aromatic nitrogens is 1. The second-order valence-electron chi connectivity index (χ2n) is 7.36. The minimum absolute atomic E-state index is 0.0499. The van der Waals surface area contributed by atoms with Crippen LogP contribution in [-0.4, -0.2) is 64.7 Å². The number of rotatable bonds is 3. The molecule has 0 radical (unpaired) electrons. The van der Waals surface area contributed by atoms with Crippen LogP contribution in [0.25, 0.3) is 20.1 Å². The number of hydrogen-bond donors (Lipinski definition) is 1. The Kier molecular flexibility index (Phi) is 5.83. The average molecular weight is 443 g/mol. The highest BCUT2D eigenvalue weighted by Crippen LogP contribution is 2.34. The van der Waals surface area contributed by atoms with Gasteiger partial charge in [0.15, 0.2) is 0 Å². The molecular formula is C21H22N4O3S2. The van der Waals surface area contributed by atoms with Gasteiger partial charge >= 0.3 is 11.8 Å². The minimum Gasteiger partial charge on any atom is -0.346 e. The molecule has 3 heterocycles. The molecule has 3 amide bonds. The Labute approximate surface area is 182 Å². The highest BCUT2D eigenvalue weighted by molar-refractivity contribution is 7.26. The maximum Gasteiger partial charge on any atom is 0.312 e. The van der Waals surface area contributed by atoms with Gasteiger partial charge in [-0.15, -0.1) is 22.7 Å². The number of fused-ring (bicyclic) bond motifs is 1. The van der Waals surface area contributed by atoms with E-state index in [-0.39, 0.29) is 11.9 Å². The topological polar surface area (TPSA) is 82.6 Å². The third kappa shape index (κ3) is 4.22. The van der Waals surface area contributed by atoms with E-state index in [1.807, 2.05) is 50.2 Å². The average Bonchev–Trinajstić information content (AvgIpc) is 3.39. The highest BCUT2D eigenvalue weighted by atomic mass is 32.1. The molecule has 0 spiro atoms. The molecule has 1 N–H and O–H groups in total. The van der Waals surface area contributed by atoms with Gasteiger partial charge in [0, 0.05) is 32.2 Å². The number of amides is 3. The zero-order chi connectivity index (χ0) is 21.3. The summed E-state index contributed by atoms with van der Waals surface area (Å²) in [6.07, 6.45) is 0. The summed E-state index contributed by atoms with van der Waals surface area (Å²) in [5, 5.41) is 3.52. The summed E-state index contributed by atoms with van der Waals surface area (Å²) in [5.74, 6) is -1.18. The largest absolute Gasteiger partial charge is 0.346 e. The number of carbonyl (C=O) groups excluding carboxylic acids is 3. The van der Waals surface area contributed by atoms with Crippen molar-refractivity contribution >= 4 is 50.6 Å². The molecule has 3 aromatic rings. The Morgan fingerprint density at radius 3 is 2.37 bits per heavy atom. The first-order valence-corrected chi connectivity index (χ1v) is 11.4. The smallest absolute Gasteiger partial charge is 0.312 e. The standard InChI is InChI=1S/C21H22N4O3S2/c1-13(2)22-18(26)21(28)25-11-9-24(10-12-25)20(27)17-8-7-16(29-17)19-23-14-5-3-4-6-15(14)30-19/h3-8,13H,9-12H2,1-2H3,(H,22,26). The maximum absolute atomic E-state index is 12.9. The van der Waals surface area contributed by atoms with Crippen molar-refractivity contribution in [1.82, 2.24) is 20.1 Å². The predicted molar refractivity (Wildman–Crippen MR) is 119 cm³/mol. The number of thiazole rings is 1. The van der Waals surface area contributed by atoms with Crippen LogP contribution in [0.5, 0.6) is 0 Å². The van der Waals surface area contributed by atoms with E-state index in [0.29, 0.717) is 31.1 Å². The van der Waals surface area contributed by atoms with Crippen molar-refractivity contribution in [2.75, 3.05) is 26.2 Å². The Balaban J connectivity index is 1.39. The van der Waals surface area contributed by atoms with Gasteiger partial charge in [0.05, 0.1) is 20.0 Å². The van der Waals surface area contributed by atoms with E-state index < -0.39 is 11.8 Å². The third-order valence-electron chi connectivity index (χ3n) is 4.79. The van der Waals surface area contributed by atoms with Crippen LogP contribution in [0, 0.1) is 0 Å². The van der Waals surface area contributed by atoms with E-state index in [1.54, 1.807) is 16.2 Å². The molecule has 0 atom stereocenters. The number of nitrogens with one attached hydrogen (secondary N) is 1. The van der Waals surface area contributed by atoms with Crippen molar-refractivity contribution in [3.8, 4) is 9.88 Å². The zero-order valence-electron chi connectivity index (χ0n) is 16.8. The van der Waals surface area contributed by atoms with Gasteiger partial charge in [-0.2, -0.15) is 0 Å². The van der Waals surface area contributed by atoms with Crippen molar-refractivity contribution in [3.63, 3.8) is 0 Å². The molecule has 156 valence electrons. The number of thiophene rings is 1. The number of carbonyl (C=O) groups is 3. The number of nitrogens with zero attached hydrogens (tertiary/aromatic N) is 3. The fraction of sp³-hybridized carbons (Fsp3) is 0.333. The summed E-state index contributed by atoms with van der Waals surface area (Å²) in [6.45, 7) is 5.15. The summed E-state index contributed by atoms with van der Waals surface area (Å²) < 4.78 is 1.12. The van der Waals surface area contributed by atoms with Gasteiger partial charge in [0.25, 0.3) is 5.91 Å². The van der Waals surface area contributed by atoms with E-state index in [9.17, 15) is 14.4 Å². The second-order valence-corrected chi connectivity index (χ2v) is 9.48. The Morgan fingerprint density at radius 1 is 0.967 bits per heavy atom. The molecule has 7 nitrogen and oxygen atoms in total. The first-order valence-electron chi connectivity index (χ1n) is 9.77. The lowest BCUT2D eigenvalue weighted by atomic mass is 10.2. The zero-order valence-corrected chi connectivity index (χ0v) is 18.4. The normalized spacial score (nSPS) is 14.4. The second kappa shape index (κ2) is 8.53. The van der Waals surface area contributed by atoms with E-state index in [0.717, 1.165) is 20.1 Å². The Bertz CT molecular complexity index is 1060. The van der Waals surface area contributed by atoms with Crippen LogP contribution in [0.4, 0.5) is 0 Å². The van der Waals surface area contributed by atoms with Gasteiger partial charge in [-0.05, 0) is 38.1 Å². The van der Waals surface area contributed by atoms with Gasteiger partial charge in [0.1, 0.15) is 5.01 Å². The minimum atomic E-state index is -0.594. The van der Waals surface area contributed by atoms with Crippen LogP contribution in [0.1, 0.15) is 23.5 Å². The van der Waals surface area contributed by atoms with Gasteiger partial charge in [0.2, 0.25) is 0 Å². The molecule has 0 saturated carbocycles. The predicted octanol–water partition coefficient (Wildman–Crippen LogP) is 2.83. The quantitative estimate of drug-likeness (QED) is 0.633. The third-order valence-corrected chi connectivity index (χ3v) is 7.07. The lowest BCUT2D eigenvalue weighted by molar-refractivity contribution is -0.147. The van der Waals surface area contributed by atoms with Crippen LogP contribution in [0.3, 0.4) is 0 Å². The lowest BCUT2D eigenvalue weighted by Gasteiger charge is -2.34. The maximum atomic E-state index is 12.9. The SMILES string of the molecule is CC(C)NC(=O)C(=O)N1CCN(C(=O)c2ccc(-c3nc4ccccc4s3)s2)CC1. The number of hydrogen-bond acceptors (Lipinski definition) is 6. The van der Waals surface area contributed by atoms with Crippen LogP contribution >= 0.6 is 22.7 Å². The van der Waals surface area contributed by atoms with Crippen molar-refractivity contribution in [2.45, 2.75) is 19.9 Å². The fourth-order valence-corrected chi connectivity index (χ4v) is 5.28. The lowest BCUT2D eigenvalue weighted by Crippen LogP contribution is -2.54. The first kappa shape index (κ1) is 20.5. The molecule has 1 saturated heterocycles. The molecule has 2 aromatic heterocycles. The molecule has 0 aliphatic carbocycles. The van der Waals surface area contributed by atoms with Gasteiger partial charge < -0.3 is 15.1 Å². The van der Waals surface area contributed by atoms with Crippen LogP contribution in [-0.2, 0) is 9.59 Å². The summed E-state index contributed by atoms with van der Waals surface area (Å²) >= 11 is 3.05. The number of para-hydroxylation sites is 1. The molecule has 1 fully saturated rings. The van der Waals surface area contributed by atoms with Crippen LogP contribution in [0.15, 0.2) is 36.4 Å². The van der Waals surface area contributed by atoms with Crippen LogP contribution in [0.2, 0.25) is 0 Å². The van der Waals surface area contributed by atoms with E-state index in [4.69, 9.17) is 0 Å². The molecule has 0 bridgehead atoms. The summed E-state index contributed by atoms with van der Waals surface area (Å²) in [6, 6.07) is 11.7. The molecule has 1 aliphatic heterocycles.